The van der Waals surface area contributed by atoms with Crippen LogP contribution in [0.15, 0.2) is 6.33 Å². The highest BCUT2D eigenvalue weighted by atomic mass is 16.3. The normalized spacial score (nSPS) is 34.4. The van der Waals surface area contributed by atoms with Gasteiger partial charge < -0.3 is 10.4 Å². The van der Waals surface area contributed by atoms with Crippen LogP contribution in [0.2, 0.25) is 0 Å². The molecular weight excluding hydrogens is 360 g/mol. The molecule has 1 aromatic heterocycles. The molecule has 5 nitrogen and oxygen atoms in total. The van der Waals surface area contributed by atoms with Crippen LogP contribution in [0.1, 0.15) is 70.1 Å². The summed E-state index contributed by atoms with van der Waals surface area (Å²) in [6.45, 7) is 8.37. The van der Waals surface area contributed by atoms with Gasteiger partial charge in [-0.2, -0.15) is 0 Å². The van der Waals surface area contributed by atoms with E-state index in [1.54, 1.807) is 6.33 Å². The van der Waals surface area contributed by atoms with E-state index in [2.05, 4.69) is 34.0 Å². The summed E-state index contributed by atoms with van der Waals surface area (Å²) in [4.78, 5) is 11.7. The molecule has 0 radical (unpaired) electrons. The molecule has 5 aliphatic rings. The minimum atomic E-state index is -0.257. The zero-order valence-corrected chi connectivity index (χ0v) is 18.2. The number of rotatable bonds is 7. The molecule has 1 aromatic rings. The molecule has 4 saturated carbocycles. The Kier molecular flexibility index (Phi) is 5.32. The Bertz CT molecular complexity index is 698. The Hall–Kier alpha value is -1.20. The lowest BCUT2D eigenvalue weighted by molar-refractivity contribution is -0.115. The standard InChI is InChI=1S/C24H38N4O/c1-16(2)3-5-28-6-4-20-21(14-28)26-15-27-23(20)25-13-22(29)24-10-17-7-18(11-24)9-19(8-17)12-24/h15-19,22,29H,3-14H2,1-2H3,(H,25,26,27). The van der Waals surface area contributed by atoms with Crippen molar-refractivity contribution in [2.45, 2.75) is 77.9 Å². The minimum absolute atomic E-state index is 0.169. The van der Waals surface area contributed by atoms with Crippen molar-refractivity contribution in [3.63, 3.8) is 0 Å². The number of anilines is 1. The first-order valence-corrected chi connectivity index (χ1v) is 12.0. The highest BCUT2D eigenvalue weighted by Crippen LogP contribution is 2.61. The van der Waals surface area contributed by atoms with Crippen LogP contribution in [0.5, 0.6) is 0 Å². The number of fused-ring (bicyclic) bond motifs is 1. The van der Waals surface area contributed by atoms with Gasteiger partial charge in [0.15, 0.2) is 0 Å². The first kappa shape index (κ1) is 19.7. The number of hydrogen-bond donors (Lipinski definition) is 2. The second-order valence-corrected chi connectivity index (χ2v) is 11.0. The van der Waals surface area contributed by atoms with E-state index in [9.17, 15) is 5.11 Å². The molecule has 2 heterocycles. The number of aromatic nitrogens is 2. The third kappa shape index (κ3) is 3.93. The van der Waals surface area contributed by atoms with Gasteiger partial charge in [0.25, 0.3) is 0 Å². The molecule has 4 bridgehead atoms. The second kappa shape index (κ2) is 7.81. The summed E-state index contributed by atoms with van der Waals surface area (Å²) in [5.74, 6) is 4.32. The molecule has 6 rings (SSSR count). The van der Waals surface area contributed by atoms with Crippen molar-refractivity contribution < 1.29 is 5.11 Å². The largest absolute Gasteiger partial charge is 0.391 e. The fourth-order valence-electron chi connectivity index (χ4n) is 7.19. The molecule has 0 aromatic carbocycles. The predicted octanol–water partition coefficient (Wildman–Crippen LogP) is 3.87. The van der Waals surface area contributed by atoms with Gasteiger partial charge in [-0.1, -0.05) is 13.8 Å². The number of nitrogens with one attached hydrogen (secondary N) is 1. The van der Waals surface area contributed by atoms with Crippen molar-refractivity contribution in [3.05, 3.63) is 17.6 Å². The van der Waals surface area contributed by atoms with E-state index >= 15 is 0 Å². The average molecular weight is 399 g/mol. The molecule has 160 valence electrons. The van der Waals surface area contributed by atoms with E-state index in [1.165, 1.54) is 56.2 Å². The lowest BCUT2D eigenvalue weighted by Crippen LogP contribution is -2.53. The van der Waals surface area contributed by atoms with Gasteiger partial charge in [0.1, 0.15) is 12.1 Å². The van der Waals surface area contributed by atoms with Gasteiger partial charge >= 0.3 is 0 Å². The van der Waals surface area contributed by atoms with E-state index in [0.29, 0.717) is 6.54 Å². The summed E-state index contributed by atoms with van der Waals surface area (Å²) in [6.07, 6.45) is 11.7. The zero-order valence-electron chi connectivity index (χ0n) is 18.2. The average Bonchev–Trinajstić information content (AvgIpc) is 2.69. The van der Waals surface area contributed by atoms with Gasteiger partial charge in [-0.15, -0.1) is 0 Å². The van der Waals surface area contributed by atoms with Gasteiger partial charge in [-0.25, -0.2) is 9.97 Å². The highest BCUT2D eigenvalue weighted by molar-refractivity contribution is 5.47. The third-order valence-corrected chi connectivity index (χ3v) is 8.36. The number of hydrogen-bond acceptors (Lipinski definition) is 5. The molecule has 1 unspecified atom stereocenters. The van der Waals surface area contributed by atoms with E-state index in [-0.39, 0.29) is 11.5 Å². The van der Waals surface area contributed by atoms with Crippen LogP contribution in [0, 0.1) is 29.1 Å². The van der Waals surface area contributed by atoms with E-state index in [4.69, 9.17) is 0 Å². The van der Waals surface area contributed by atoms with Crippen molar-refractivity contribution >= 4 is 5.82 Å². The molecule has 0 saturated heterocycles. The molecule has 4 fully saturated rings. The monoisotopic (exact) mass is 398 g/mol. The molecule has 4 aliphatic carbocycles. The number of nitrogens with zero attached hydrogens (tertiary/aromatic N) is 3. The molecular formula is C24H38N4O. The molecule has 29 heavy (non-hydrogen) atoms. The molecule has 1 atom stereocenters. The maximum absolute atomic E-state index is 11.2. The first-order chi connectivity index (χ1) is 14.0. The van der Waals surface area contributed by atoms with Crippen LogP contribution >= 0.6 is 0 Å². The van der Waals surface area contributed by atoms with Crippen LogP contribution in [-0.2, 0) is 13.0 Å². The van der Waals surface area contributed by atoms with Crippen molar-refractivity contribution in [1.29, 1.82) is 0 Å². The fraction of sp³-hybridized carbons (Fsp3) is 0.833. The third-order valence-electron chi connectivity index (χ3n) is 8.36. The van der Waals surface area contributed by atoms with E-state index in [1.807, 2.05) is 0 Å². The van der Waals surface area contributed by atoms with Crippen LogP contribution in [0.25, 0.3) is 0 Å². The summed E-state index contributed by atoms with van der Waals surface area (Å²) in [6, 6.07) is 0. The Morgan fingerprint density at radius 1 is 1.14 bits per heavy atom. The van der Waals surface area contributed by atoms with Crippen molar-refractivity contribution in [2.75, 3.05) is 25.0 Å². The fourth-order valence-corrected chi connectivity index (χ4v) is 7.19. The van der Waals surface area contributed by atoms with Crippen molar-refractivity contribution in [1.82, 2.24) is 14.9 Å². The maximum atomic E-state index is 11.2. The molecule has 0 spiro atoms. The Balaban J connectivity index is 1.23. The SMILES string of the molecule is CC(C)CCN1CCc2c(ncnc2NCC(O)C23CC4CC(CC(C4)C2)C3)C1. The lowest BCUT2D eigenvalue weighted by atomic mass is 9.48. The number of aliphatic hydroxyl groups excluding tert-OH is 1. The Morgan fingerprint density at radius 2 is 1.83 bits per heavy atom. The second-order valence-electron chi connectivity index (χ2n) is 11.0. The van der Waals surface area contributed by atoms with Crippen LogP contribution < -0.4 is 5.32 Å². The molecule has 5 heteroatoms. The summed E-state index contributed by atoms with van der Waals surface area (Å²) in [5, 5.41) is 14.8. The molecule has 1 aliphatic heterocycles. The number of aliphatic hydroxyl groups is 1. The summed E-state index contributed by atoms with van der Waals surface area (Å²) >= 11 is 0. The lowest BCUT2D eigenvalue weighted by Gasteiger charge is -2.58. The van der Waals surface area contributed by atoms with Gasteiger partial charge in [0, 0.05) is 25.2 Å². The van der Waals surface area contributed by atoms with Crippen molar-refractivity contribution in [2.24, 2.45) is 29.1 Å². The van der Waals surface area contributed by atoms with Crippen molar-refractivity contribution in [3.8, 4) is 0 Å². The van der Waals surface area contributed by atoms with E-state index in [0.717, 1.165) is 55.5 Å². The minimum Gasteiger partial charge on any atom is -0.391 e. The van der Waals surface area contributed by atoms with Crippen LogP contribution in [-0.4, -0.2) is 45.7 Å². The summed E-state index contributed by atoms with van der Waals surface area (Å²) in [7, 11) is 0. The van der Waals surface area contributed by atoms with Crippen LogP contribution in [0.4, 0.5) is 5.82 Å². The molecule has 0 amide bonds. The van der Waals surface area contributed by atoms with Crippen LogP contribution in [0.3, 0.4) is 0 Å². The maximum Gasteiger partial charge on any atom is 0.133 e. The summed E-state index contributed by atoms with van der Waals surface area (Å²) < 4.78 is 0. The van der Waals surface area contributed by atoms with Gasteiger partial charge in [-0.05, 0) is 87.0 Å². The first-order valence-electron chi connectivity index (χ1n) is 12.0. The molecule has 2 N–H and O–H groups in total. The predicted molar refractivity (Wildman–Crippen MR) is 116 cm³/mol. The van der Waals surface area contributed by atoms with Gasteiger partial charge in [0.2, 0.25) is 0 Å². The topological polar surface area (TPSA) is 61.3 Å². The van der Waals surface area contributed by atoms with E-state index < -0.39 is 0 Å². The Labute approximate surface area is 175 Å². The quantitative estimate of drug-likeness (QED) is 0.730. The van der Waals surface area contributed by atoms with Gasteiger partial charge in [-0.3, -0.25) is 4.90 Å². The smallest absolute Gasteiger partial charge is 0.133 e. The summed E-state index contributed by atoms with van der Waals surface area (Å²) in [5.41, 5.74) is 2.61. The zero-order chi connectivity index (χ0) is 20.0. The van der Waals surface area contributed by atoms with Gasteiger partial charge in [0.05, 0.1) is 11.8 Å². The Morgan fingerprint density at radius 3 is 2.48 bits per heavy atom. The highest BCUT2D eigenvalue weighted by Gasteiger charge is 2.53.